The van der Waals surface area contributed by atoms with Gasteiger partial charge in [0, 0.05) is 17.2 Å². The fraction of sp³-hybridized carbons (Fsp3) is 0.455. The maximum absolute atomic E-state index is 8.62. The number of anilines is 1. The van der Waals surface area contributed by atoms with Gasteiger partial charge in [0.25, 0.3) is 0 Å². The molecule has 0 aliphatic rings. The highest BCUT2D eigenvalue weighted by atomic mass is 32.2. The molecule has 0 aliphatic heterocycles. The van der Waals surface area contributed by atoms with E-state index in [1.54, 1.807) is 0 Å². The zero-order valence-corrected chi connectivity index (χ0v) is 9.31. The molecule has 0 saturated heterocycles. The smallest absolute Gasteiger partial charge is 0.0431 e. The molecule has 78 valence electrons. The number of unbranched alkanes of at least 4 members (excludes halogenated alkanes) is 1. The van der Waals surface area contributed by atoms with Gasteiger partial charge >= 0.3 is 0 Å². The van der Waals surface area contributed by atoms with Gasteiger partial charge in [-0.15, -0.1) is 11.8 Å². The molecule has 0 saturated carbocycles. The summed E-state index contributed by atoms with van der Waals surface area (Å²) in [6, 6.07) is 6.11. The summed E-state index contributed by atoms with van der Waals surface area (Å²) in [5.41, 5.74) is 7.71. The van der Waals surface area contributed by atoms with E-state index < -0.39 is 0 Å². The van der Waals surface area contributed by atoms with Crippen molar-refractivity contribution in [1.29, 1.82) is 0 Å². The molecule has 0 aromatic heterocycles. The molecule has 2 nitrogen and oxygen atoms in total. The summed E-state index contributed by atoms with van der Waals surface area (Å²) >= 11 is 1.82. The molecule has 14 heavy (non-hydrogen) atoms. The molecular weight excluding hydrogens is 194 g/mol. The summed E-state index contributed by atoms with van der Waals surface area (Å²) in [6.45, 7) is 2.31. The number of nitrogens with two attached hydrogens (primary N) is 1. The monoisotopic (exact) mass is 211 g/mol. The maximum Gasteiger partial charge on any atom is 0.0431 e. The lowest BCUT2D eigenvalue weighted by atomic mass is 10.2. The van der Waals surface area contributed by atoms with Crippen LogP contribution in [-0.2, 0) is 0 Å². The average Bonchev–Trinajstić information content (AvgIpc) is 2.18. The molecule has 0 spiro atoms. The molecule has 1 rings (SSSR count). The summed E-state index contributed by atoms with van der Waals surface area (Å²) in [6.07, 6.45) is 1.95. The van der Waals surface area contributed by atoms with Crippen molar-refractivity contribution in [2.75, 3.05) is 18.1 Å². The Morgan fingerprint density at radius 2 is 2.14 bits per heavy atom. The lowest BCUT2D eigenvalue weighted by Gasteiger charge is -2.04. The van der Waals surface area contributed by atoms with Gasteiger partial charge in [0.05, 0.1) is 0 Å². The summed E-state index contributed by atoms with van der Waals surface area (Å²) in [5, 5.41) is 8.62. The fourth-order valence-electron chi connectivity index (χ4n) is 1.14. The van der Waals surface area contributed by atoms with E-state index in [0.717, 1.165) is 29.8 Å². The number of benzene rings is 1. The van der Waals surface area contributed by atoms with Crippen LogP contribution in [0.1, 0.15) is 18.4 Å². The molecular formula is C11H17NOS. The van der Waals surface area contributed by atoms with Crippen molar-refractivity contribution in [2.45, 2.75) is 24.7 Å². The Bertz CT molecular complexity index is 289. The second kappa shape index (κ2) is 5.94. The molecule has 0 heterocycles. The van der Waals surface area contributed by atoms with Crippen molar-refractivity contribution < 1.29 is 5.11 Å². The summed E-state index contributed by atoms with van der Waals surface area (Å²) in [4.78, 5) is 1.26. The van der Waals surface area contributed by atoms with E-state index in [0.29, 0.717) is 6.61 Å². The number of aliphatic hydroxyl groups is 1. The summed E-state index contributed by atoms with van der Waals surface area (Å²) in [7, 11) is 0. The Morgan fingerprint density at radius 3 is 2.79 bits per heavy atom. The first-order valence-electron chi connectivity index (χ1n) is 4.84. The molecule has 1 aromatic rings. The van der Waals surface area contributed by atoms with Crippen LogP contribution < -0.4 is 5.73 Å². The zero-order valence-electron chi connectivity index (χ0n) is 8.49. The Kier molecular flexibility index (Phi) is 4.84. The number of aliphatic hydroxyl groups excluding tert-OH is 1. The number of nitrogen functional groups attached to an aromatic ring is 1. The minimum atomic E-state index is 0.293. The van der Waals surface area contributed by atoms with Crippen LogP contribution in [-0.4, -0.2) is 17.5 Å². The molecule has 0 aliphatic carbocycles. The van der Waals surface area contributed by atoms with Crippen LogP contribution in [0.5, 0.6) is 0 Å². The van der Waals surface area contributed by atoms with E-state index in [4.69, 9.17) is 10.8 Å². The third-order valence-electron chi connectivity index (χ3n) is 2.06. The fourth-order valence-corrected chi connectivity index (χ4v) is 2.15. The van der Waals surface area contributed by atoms with Gasteiger partial charge in [-0.1, -0.05) is 0 Å². The van der Waals surface area contributed by atoms with E-state index in [-0.39, 0.29) is 0 Å². The number of aryl methyl sites for hydroxylation is 1. The van der Waals surface area contributed by atoms with E-state index >= 15 is 0 Å². The molecule has 0 unspecified atom stereocenters. The van der Waals surface area contributed by atoms with Gasteiger partial charge < -0.3 is 10.8 Å². The Balaban J connectivity index is 2.39. The predicted molar refractivity (Wildman–Crippen MR) is 62.6 cm³/mol. The lowest BCUT2D eigenvalue weighted by Crippen LogP contribution is -1.89. The summed E-state index contributed by atoms with van der Waals surface area (Å²) in [5.74, 6) is 1.06. The van der Waals surface area contributed by atoms with Gasteiger partial charge in [-0.3, -0.25) is 0 Å². The minimum absolute atomic E-state index is 0.293. The largest absolute Gasteiger partial charge is 0.399 e. The Labute approximate surface area is 89.5 Å². The number of hydrogen-bond acceptors (Lipinski definition) is 3. The second-order valence-corrected chi connectivity index (χ2v) is 4.47. The molecule has 0 amide bonds. The van der Waals surface area contributed by atoms with Crippen LogP contribution in [0.25, 0.3) is 0 Å². The van der Waals surface area contributed by atoms with Crippen molar-refractivity contribution in [3.63, 3.8) is 0 Å². The third kappa shape index (κ3) is 3.60. The van der Waals surface area contributed by atoms with Crippen LogP contribution in [0.15, 0.2) is 23.1 Å². The van der Waals surface area contributed by atoms with Crippen molar-refractivity contribution in [1.82, 2.24) is 0 Å². The van der Waals surface area contributed by atoms with E-state index in [2.05, 4.69) is 6.07 Å². The van der Waals surface area contributed by atoms with Crippen molar-refractivity contribution in [2.24, 2.45) is 0 Å². The van der Waals surface area contributed by atoms with E-state index in [1.807, 2.05) is 30.8 Å². The lowest BCUT2D eigenvalue weighted by molar-refractivity contribution is 0.287. The zero-order chi connectivity index (χ0) is 10.4. The first kappa shape index (κ1) is 11.4. The standard InChI is InChI=1S/C11H17NOS/c1-9-8-10(4-5-11(9)12)14-7-3-2-6-13/h4-5,8,13H,2-3,6-7,12H2,1H3. The van der Waals surface area contributed by atoms with Gasteiger partial charge in [-0.25, -0.2) is 0 Å². The van der Waals surface area contributed by atoms with Gasteiger partial charge in [0.1, 0.15) is 0 Å². The average molecular weight is 211 g/mol. The third-order valence-corrected chi connectivity index (χ3v) is 3.14. The maximum atomic E-state index is 8.62. The molecule has 3 N–H and O–H groups in total. The second-order valence-electron chi connectivity index (χ2n) is 3.30. The molecule has 3 heteroatoms. The highest BCUT2D eigenvalue weighted by molar-refractivity contribution is 7.99. The van der Waals surface area contributed by atoms with Gasteiger partial charge in [-0.05, 0) is 49.3 Å². The van der Waals surface area contributed by atoms with Crippen LogP contribution in [0, 0.1) is 6.92 Å². The van der Waals surface area contributed by atoms with Crippen molar-refractivity contribution in [3.8, 4) is 0 Å². The normalized spacial score (nSPS) is 10.4. The van der Waals surface area contributed by atoms with Gasteiger partial charge in [0.2, 0.25) is 0 Å². The Hall–Kier alpha value is -0.670. The molecule has 0 radical (unpaired) electrons. The highest BCUT2D eigenvalue weighted by Crippen LogP contribution is 2.23. The summed E-state index contributed by atoms with van der Waals surface area (Å²) < 4.78 is 0. The Morgan fingerprint density at radius 1 is 1.36 bits per heavy atom. The van der Waals surface area contributed by atoms with Crippen molar-refractivity contribution >= 4 is 17.4 Å². The first-order valence-corrected chi connectivity index (χ1v) is 5.82. The van der Waals surface area contributed by atoms with Crippen molar-refractivity contribution in [3.05, 3.63) is 23.8 Å². The molecule has 0 fully saturated rings. The van der Waals surface area contributed by atoms with Gasteiger partial charge in [0.15, 0.2) is 0 Å². The van der Waals surface area contributed by atoms with E-state index in [1.165, 1.54) is 4.90 Å². The van der Waals surface area contributed by atoms with Crippen LogP contribution in [0.3, 0.4) is 0 Å². The molecule has 0 atom stereocenters. The topological polar surface area (TPSA) is 46.2 Å². The first-order chi connectivity index (χ1) is 6.74. The molecule has 1 aromatic carbocycles. The number of thioether (sulfide) groups is 1. The molecule has 0 bridgehead atoms. The predicted octanol–water partition coefficient (Wildman–Crippen LogP) is 2.44. The van der Waals surface area contributed by atoms with Gasteiger partial charge in [-0.2, -0.15) is 0 Å². The minimum Gasteiger partial charge on any atom is -0.399 e. The quantitative estimate of drug-likeness (QED) is 0.447. The van der Waals surface area contributed by atoms with Crippen LogP contribution in [0.4, 0.5) is 5.69 Å². The highest BCUT2D eigenvalue weighted by Gasteiger charge is 1.97. The SMILES string of the molecule is Cc1cc(SCCCCO)ccc1N. The number of hydrogen-bond donors (Lipinski definition) is 2. The van der Waals surface area contributed by atoms with E-state index in [9.17, 15) is 0 Å². The van der Waals surface area contributed by atoms with Crippen LogP contribution in [0.2, 0.25) is 0 Å². The van der Waals surface area contributed by atoms with Crippen LogP contribution >= 0.6 is 11.8 Å². The number of rotatable bonds is 5.